The number of carbonyl (C=O) groups is 1. The molecule has 0 aliphatic heterocycles. The van der Waals surface area contributed by atoms with Gasteiger partial charge < -0.3 is 15.3 Å². The molecule has 0 saturated carbocycles. The van der Waals surface area contributed by atoms with Crippen molar-refractivity contribution in [3.8, 4) is 0 Å². The Labute approximate surface area is 117 Å². The fourth-order valence-corrected chi connectivity index (χ4v) is 1.99. The Hall–Kier alpha value is -2.15. The molecule has 0 fully saturated rings. The van der Waals surface area contributed by atoms with Crippen molar-refractivity contribution in [3.63, 3.8) is 0 Å². The number of carbonyl (C=O) groups excluding carboxylic acids is 1. The molecule has 0 atom stereocenters. The zero-order valence-electron chi connectivity index (χ0n) is 11.6. The van der Waals surface area contributed by atoms with Crippen LogP contribution in [0.25, 0.3) is 0 Å². The van der Waals surface area contributed by atoms with E-state index in [4.69, 9.17) is 5.11 Å². The normalized spacial score (nSPS) is 10.2. The molecule has 1 aromatic rings. The van der Waals surface area contributed by atoms with E-state index in [0.29, 0.717) is 18.7 Å². The Balaban J connectivity index is 3.23. The number of nitrogens with one attached hydrogen (secondary N) is 1. The van der Waals surface area contributed by atoms with Crippen LogP contribution in [0.2, 0.25) is 0 Å². The lowest BCUT2D eigenvalue weighted by Crippen LogP contribution is -2.34. The maximum Gasteiger partial charge on any atom is 0.305 e. The number of para-hydroxylation sites is 1. The molecule has 0 aliphatic carbocycles. The molecule has 0 radical (unpaired) electrons. The second-order valence-electron chi connectivity index (χ2n) is 4.22. The maximum absolute atomic E-state index is 12.4. The highest BCUT2D eigenvalue weighted by atomic mass is 16.6. The highest BCUT2D eigenvalue weighted by Crippen LogP contribution is 2.29. The number of rotatable bonds is 7. The van der Waals surface area contributed by atoms with E-state index in [0.717, 1.165) is 0 Å². The zero-order chi connectivity index (χ0) is 15.1. The number of aliphatic hydroxyl groups excluding tert-OH is 1. The molecule has 1 rings (SSSR count). The third kappa shape index (κ3) is 3.45. The van der Waals surface area contributed by atoms with Gasteiger partial charge in [0.1, 0.15) is 11.3 Å². The van der Waals surface area contributed by atoms with E-state index in [1.165, 1.54) is 11.0 Å². The number of hydrogen-bond donors (Lipinski definition) is 2. The Bertz CT molecular complexity index is 485. The summed E-state index contributed by atoms with van der Waals surface area (Å²) in [6, 6.07) is 4.57. The number of nitrogens with zero attached hydrogens (tertiary/aromatic N) is 2. The van der Waals surface area contributed by atoms with Crippen molar-refractivity contribution in [3.05, 3.63) is 33.9 Å². The van der Waals surface area contributed by atoms with Crippen LogP contribution in [0.3, 0.4) is 0 Å². The van der Waals surface area contributed by atoms with Crippen molar-refractivity contribution in [1.29, 1.82) is 0 Å². The van der Waals surface area contributed by atoms with Crippen LogP contribution in [0, 0.1) is 10.1 Å². The molecule has 2 N–H and O–H groups in total. The Kier molecular flexibility index (Phi) is 5.92. The van der Waals surface area contributed by atoms with Gasteiger partial charge in [-0.25, -0.2) is 0 Å². The standard InChI is InChI=1S/C13H19N3O4/c1-3-7-15(8-9-17)13(18)10-5-4-6-11(14-2)12(10)16(19)20/h4-6,14,17H,3,7-9H2,1-2H3. The number of aliphatic hydroxyl groups is 1. The molecular formula is C13H19N3O4. The minimum absolute atomic E-state index is 0.0313. The van der Waals surface area contributed by atoms with Crippen molar-refractivity contribution in [2.45, 2.75) is 13.3 Å². The van der Waals surface area contributed by atoms with Gasteiger partial charge in [0, 0.05) is 20.1 Å². The molecule has 1 amide bonds. The Morgan fingerprint density at radius 2 is 2.15 bits per heavy atom. The van der Waals surface area contributed by atoms with Crippen molar-refractivity contribution in [2.24, 2.45) is 0 Å². The molecule has 1 aromatic carbocycles. The highest BCUT2D eigenvalue weighted by molar-refractivity contribution is 6.00. The van der Waals surface area contributed by atoms with Crippen LogP contribution in [0.4, 0.5) is 11.4 Å². The summed E-state index contributed by atoms with van der Waals surface area (Å²) in [5.41, 5.74) is 0.0871. The first-order chi connectivity index (χ1) is 9.56. The van der Waals surface area contributed by atoms with E-state index >= 15 is 0 Å². The van der Waals surface area contributed by atoms with Crippen LogP contribution in [0.1, 0.15) is 23.7 Å². The number of nitro groups is 1. The van der Waals surface area contributed by atoms with Gasteiger partial charge >= 0.3 is 5.69 Å². The fraction of sp³-hybridized carbons (Fsp3) is 0.462. The number of benzene rings is 1. The molecule has 0 heterocycles. The summed E-state index contributed by atoms with van der Waals surface area (Å²) in [7, 11) is 1.56. The zero-order valence-corrected chi connectivity index (χ0v) is 11.6. The van der Waals surface area contributed by atoms with Gasteiger partial charge in [-0.15, -0.1) is 0 Å². The molecule has 0 saturated heterocycles. The SMILES string of the molecule is CCCN(CCO)C(=O)c1cccc(NC)c1[N+](=O)[O-]. The summed E-state index contributed by atoms with van der Waals surface area (Å²) in [6.45, 7) is 2.33. The van der Waals surface area contributed by atoms with E-state index in [1.807, 2.05) is 6.92 Å². The first-order valence-electron chi connectivity index (χ1n) is 6.42. The lowest BCUT2D eigenvalue weighted by atomic mass is 10.1. The van der Waals surface area contributed by atoms with Crippen LogP contribution in [0.5, 0.6) is 0 Å². The molecule has 0 aliphatic rings. The maximum atomic E-state index is 12.4. The molecule has 7 nitrogen and oxygen atoms in total. The lowest BCUT2D eigenvalue weighted by molar-refractivity contribution is -0.384. The van der Waals surface area contributed by atoms with Crippen molar-refractivity contribution in [2.75, 3.05) is 32.1 Å². The lowest BCUT2D eigenvalue weighted by Gasteiger charge is -2.21. The van der Waals surface area contributed by atoms with Gasteiger partial charge in [0.15, 0.2) is 0 Å². The molecule has 0 aromatic heterocycles. The first-order valence-corrected chi connectivity index (χ1v) is 6.42. The Morgan fingerprint density at radius 1 is 1.45 bits per heavy atom. The minimum Gasteiger partial charge on any atom is -0.395 e. The summed E-state index contributed by atoms with van der Waals surface area (Å²) < 4.78 is 0. The van der Waals surface area contributed by atoms with E-state index < -0.39 is 10.8 Å². The predicted molar refractivity (Wildman–Crippen MR) is 75.9 cm³/mol. The van der Waals surface area contributed by atoms with Gasteiger partial charge in [0.2, 0.25) is 0 Å². The van der Waals surface area contributed by atoms with Crippen molar-refractivity contribution < 1.29 is 14.8 Å². The summed E-state index contributed by atoms with van der Waals surface area (Å²) in [5, 5.41) is 22.9. The number of nitro benzene ring substituents is 1. The fourth-order valence-electron chi connectivity index (χ4n) is 1.99. The van der Waals surface area contributed by atoms with Crippen molar-refractivity contribution >= 4 is 17.3 Å². The van der Waals surface area contributed by atoms with Crippen LogP contribution >= 0.6 is 0 Å². The molecule has 110 valence electrons. The second-order valence-corrected chi connectivity index (χ2v) is 4.22. The average Bonchev–Trinajstić information content (AvgIpc) is 2.45. The molecule has 20 heavy (non-hydrogen) atoms. The molecule has 0 bridgehead atoms. The molecular weight excluding hydrogens is 262 g/mol. The molecule has 7 heteroatoms. The van der Waals surface area contributed by atoms with Gasteiger partial charge in [-0.05, 0) is 18.6 Å². The average molecular weight is 281 g/mol. The van der Waals surface area contributed by atoms with E-state index in [-0.39, 0.29) is 24.4 Å². The number of hydrogen-bond acceptors (Lipinski definition) is 5. The first kappa shape index (κ1) is 15.9. The quantitative estimate of drug-likeness (QED) is 0.583. The van der Waals surface area contributed by atoms with Crippen LogP contribution in [-0.2, 0) is 0 Å². The summed E-state index contributed by atoms with van der Waals surface area (Å²) in [5.74, 6) is -0.440. The van der Waals surface area contributed by atoms with Gasteiger partial charge in [-0.1, -0.05) is 13.0 Å². The van der Waals surface area contributed by atoms with Crippen LogP contribution in [0.15, 0.2) is 18.2 Å². The van der Waals surface area contributed by atoms with E-state index in [9.17, 15) is 14.9 Å². The largest absolute Gasteiger partial charge is 0.395 e. The van der Waals surface area contributed by atoms with Gasteiger partial charge in [0.05, 0.1) is 11.5 Å². The van der Waals surface area contributed by atoms with Crippen molar-refractivity contribution in [1.82, 2.24) is 4.90 Å². The highest BCUT2D eigenvalue weighted by Gasteiger charge is 2.26. The van der Waals surface area contributed by atoms with E-state index in [1.54, 1.807) is 19.2 Å². The van der Waals surface area contributed by atoms with Gasteiger partial charge in [-0.3, -0.25) is 14.9 Å². The molecule has 0 spiro atoms. The molecule has 0 unspecified atom stereocenters. The van der Waals surface area contributed by atoms with E-state index in [2.05, 4.69) is 5.32 Å². The topological polar surface area (TPSA) is 95.7 Å². The third-order valence-corrected chi connectivity index (χ3v) is 2.87. The predicted octanol–water partition coefficient (Wildman–Crippen LogP) is 1.48. The third-order valence-electron chi connectivity index (χ3n) is 2.87. The Morgan fingerprint density at radius 3 is 2.65 bits per heavy atom. The summed E-state index contributed by atoms with van der Waals surface area (Å²) in [6.07, 6.45) is 0.714. The van der Waals surface area contributed by atoms with Crippen LogP contribution < -0.4 is 5.32 Å². The monoisotopic (exact) mass is 281 g/mol. The van der Waals surface area contributed by atoms with Gasteiger partial charge in [-0.2, -0.15) is 0 Å². The number of anilines is 1. The van der Waals surface area contributed by atoms with Crippen LogP contribution in [-0.4, -0.2) is 47.6 Å². The summed E-state index contributed by atoms with van der Waals surface area (Å²) in [4.78, 5) is 24.4. The smallest absolute Gasteiger partial charge is 0.305 e. The minimum atomic E-state index is -0.567. The second kappa shape index (κ2) is 7.44. The van der Waals surface area contributed by atoms with Gasteiger partial charge in [0.25, 0.3) is 5.91 Å². The summed E-state index contributed by atoms with van der Waals surface area (Å²) >= 11 is 0. The number of amides is 1.